The Kier molecular flexibility index (Phi) is 12.8. The molecule has 310 valence electrons. The average molecular weight is 805 g/mol. The van der Waals surface area contributed by atoms with E-state index in [9.17, 15) is 43.7 Å². The minimum Gasteiger partial charge on any atom is -0.507 e. The lowest BCUT2D eigenvalue weighted by Crippen LogP contribution is -2.46. The highest BCUT2D eigenvalue weighted by atomic mass is 19.1. The highest BCUT2D eigenvalue weighted by molar-refractivity contribution is 6.33. The summed E-state index contributed by atoms with van der Waals surface area (Å²) in [5.74, 6) is -10.5. The molecule has 0 fully saturated rings. The van der Waals surface area contributed by atoms with E-state index in [4.69, 9.17) is 18.9 Å². The van der Waals surface area contributed by atoms with Crippen molar-refractivity contribution in [3.05, 3.63) is 99.9 Å². The first-order valence-corrected chi connectivity index (χ1v) is 18.8. The third-order valence-corrected chi connectivity index (χ3v) is 11.1. The molecule has 58 heavy (non-hydrogen) atoms. The van der Waals surface area contributed by atoms with Crippen LogP contribution in [-0.4, -0.2) is 81.9 Å². The lowest BCUT2D eigenvalue weighted by Gasteiger charge is -2.38. The van der Waals surface area contributed by atoms with Crippen LogP contribution in [0.3, 0.4) is 0 Å². The molecule has 9 atom stereocenters. The van der Waals surface area contributed by atoms with Gasteiger partial charge in [0, 0.05) is 61.5 Å². The number of phenolic OH excluding ortho intramolecular Hbond substituents is 1. The third-order valence-electron chi connectivity index (χ3n) is 11.1. The van der Waals surface area contributed by atoms with E-state index >= 15 is 0 Å². The number of hydrogen-bond donors (Lipinski definition) is 5. The van der Waals surface area contributed by atoms with Gasteiger partial charge in [-0.3, -0.25) is 24.0 Å². The molecular formula is C43H49FN2O12. The van der Waals surface area contributed by atoms with E-state index in [0.29, 0.717) is 0 Å². The van der Waals surface area contributed by atoms with Crippen LogP contribution in [0.4, 0.5) is 10.1 Å². The van der Waals surface area contributed by atoms with Gasteiger partial charge in [-0.1, -0.05) is 45.9 Å². The van der Waals surface area contributed by atoms with Crippen molar-refractivity contribution in [1.29, 1.82) is 0 Å². The Hall–Kier alpha value is -5.64. The van der Waals surface area contributed by atoms with E-state index in [1.807, 2.05) is 0 Å². The Morgan fingerprint density at radius 1 is 0.914 bits per heavy atom. The molecule has 0 unspecified atom stereocenters. The van der Waals surface area contributed by atoms with Crippen molar-refractivity contribution in [2.45, 2.75) is 85.6 Å². The van der Waals surface area contributed by atoms with Crippen LogP contribution in [-0.2, 0) is 23.8 Å². The van der Waals surface area contributed by atoms with E-state index < -0.39 is 117 Å². The first-order valence-electron chi connectivity index (χ1n) is 18.8. The minimum atomic E-state index is -2.14. The van der Waals surface area contributed by atoms with Gasteiger partial charge in [-0.05, 0) is 44.2 Å². The molecule has 2 aromatic carbocycles. The number of ketones is 3. The average Bonchev–Trinajstić information content (AvgIpc) is 3.45. The van der Waals surface area contributed by atoms with Gasteiger partial charge in [-0.15, -0.1) is 0 Å². The summed E-state index contributed by atoms with van der Waals surface area (Å²) in [4.78, 5) is 69.2. The number of Topliss-reactive ketones (excluding diaryl/α,β-unsaturated/α-hetero) is 3. The molecule has 0 radical (unpaired) electrons. The summed E-state index contributed by atoms with van der Waals surface area (Å²) in [5.41, 5.74) is -2.25. The molecule has 0 spiro atoms. The largest absolute Gasteiger partial charge is 0.507 e. The number of hydrogen-bond acceptors (Lipinski definition) is 13. The quantitative estimate of drug-likeness (QED) is 0.252. The van der Waals surface area contributed by atoms with Crippen LogP contribution in [0.15, 0.2) is 71.8 Å². The predicted molar refractivity (Wildman–Crippen MR) is 208 cm³/mol. The van der Waals surface area contributed by atoms with E-state index in [1.54, 1.807) is 33.8 Å². The maximum Gasteiger partial charge on any atom is 0.312 e. The number of carbonyl (C=O) groups excluding carboxylic acids is 5. The zero-order valence-electron chi connectivity index (χ0n) is 33.7. The van der Waals surface area contributed by atoms with Crippen LogP contribution in [0.2, 0.25) is 0 Å². The van der Waals surface area contributed by atoms with E-state index in [-0.39, 0.29) is 28.1 Å². The molecule has 5 N–H and O–H groups in total. The number of rotatable bonds is 4. The van der Waals surface area contributed by atoms with Crippen molar-refractivity contribution in [3.63, 3.8) is 0 Å². The molecule has 1 amide bonds. The smallest absolute Gasteiger partial charge is 0.312 e. The summed E-state index contributed by atoms with van der Waals surface area (Å²) in [5, 5.41) is 39.5. The molecule has 3 heterocycles. The number of aliphatic hydroxyl groups excluding tert-OH is 2. The SMILES string of the molecule is CO[C@H]1/C=C/O[C@@]2(C)Oc3c(C)c(O)c4c(c3C2=O)C(=O)C(Nc2ccc(F)cc2)=C(NC(=O)/C(C)=C\C=C\[C@H](C)[C@H](O)[C@@H](C)[C@H](O)[C@H](C)[C@H](OC(C)=O)[C@@H]1C)C4=O. The number of aliphatic hydroxyl groups is 2. The molecule has 0 aromatic heterocycles. The number of carbonyl (C=O) groups is 5. The van der Waals surface area contributed by atoms with Crippen LogP contribution in [0.25, 0.3) is 0 Å². The number of allylic oxidation sites excluding steroid dienone is 4. The number of benzene rings is 2. The Bertz CT molecular complexity index is 2140. The molecule has 2 aromatic rings. The number of halogens is 1. The molecule has 0 saturated carbocycles. The second-order valence-electron chi connectivity index (χ2n) is 15.2. The second-order valence-corrected chi connectivity index (χ2v) is 15.2. The van der Waals surface area contributed by atoms with Crippen LogP contribution >= 0.6 is 0 Å². The van der Waals surface area contributed by atoms with Gasteiger partial charge in [-0.25, -0.2) is 4.39 Å². The summed E-state index contributed by atoms with van der Waals surface area (Å²) in [6, 6.07) is 4.81. The highest BCUT2D eigenvalue weighted by Crippen LogP contribution is 2.48. The van der Waals surface area contributed by atoms with Gasteiger partial charge >= 0.3 is 11.8 Å². The number of methoxy groups -OCH3 is 1. The van der Waals surface area contributed by atoms with Crippen molar-refractivity contribution in [1.82, 2.24) is 5.32 Å². The Labute approximate surface area is 335 Å². The number of nitrogens with one attached hydrogen (secondary N) is 2. The fourth-order valence-corrected chi connectivity index (χ4v) is 7.49. The summed E-state index contributed by atoms with van der Waals surface area (Å²) >= 11 is 0. The molecule has 0 saturated heterocycles. The number of phenols is 1. The summed E-state index contributed by atoms with van der Waals surface area (Å²) in [6.07, 6.45) is 3.11. The topological polar surface area (TPSA) is 207 Å². The van der Waals surface area contributed by atoms with E-state index in [0.717, 1.165) is 18.4 Å². The molecule has 15 heteroatoms. The zero-order chi connectivity index (χ0) is 43.0. The number of anilines is 1. The van der Waals surface area contributed by atoms with Gasteiger partial charge < -0.3 is 44.9 Å². The maximum absolute atomic E-state index is 14.6. The predicted octanol–water partition coefficient (Wildman–Crippen LogP) is 5.21. The van der Waals surface area contributed by atoms with Gasteiger partial charge in [0.25, 0.3) is 11.7 Å². The summed E-state index contributed by atoms with van der Waals surface area (Å²) in [7, 11) is 1.40. The lowest BCUT2D eigenvalue weighted by atomic mass is 9.78. The summed E-state index contributed by atoms with van der Waals surface area (Å²) in [6.45, 7) is 12.1. The van der Waals surface area contributed by atoms with Gasteiger partial charge in [-0.2, -0.15) is 0 Å². The molecule has 3 aliphatic heterocycles. The minimum absolute atomic E-state index is 0.0578. The Morgan fingerprint density at radius 2 is 1.57 bits per heavy atom. The fourth-order valence-electron chi connectivity index (χ4n) is 7.49. The van der Waals surface area contributed by atoms with Crippen LogP contribution < -0.4 is 15.4 Å². The molecule has 14 nitrogen and oxygen atoms in total. The molecule has 5 bridgehead atoms. The number of fused-ring (bicyclic) bond motifs is 14. The molecule has 6 rings (SSSR count). The first kappa shape index (κ1) is 43.5. The van der Waals surface area contributed by atoms with Crippen LogP contribution in [0, 0.1) is 36.4 Å². The normalized spacial score (nSPS) is 31.4. The second kappa shape index (κ2) is 17.1. The third kappa shape index (κ3) is 8.20. The number of aromatic hydroxyl groups is 1. The molecule has 4 aliphatic rings. The van der Waals surface area contributed by atoms with Gasteiger partial charge in [0.1, 0.15) is 34.8 Å². The lowest BCUT2D eigenvalue weighted by molar-refractivity contribution is -0.160. The number of ether oxygens (including phenoxy) is 4. The fraction of sp³-hybridized carbons (Fsp3) is 0.419. The number of amides is 1. The molecular weight excluding hydrogens is 755 g/mol. The van der Waals surface area contributed by atoms with E-state index in [2.05, 4.69) is 10.6 Å². The van der Waals surface area contributed by atoms with Gasteiger partial charge in [0.2, 0.25) is 11.6 Å². The Balaban J connectivity index is 1.68. The van der Waals surface area contributed by atoms with E-state index in [1.165, 1.54) is 65.2 Å². The van der Waals surface area contributed by atoms with Crippen LogP contribution in [0.5, 0.6) is 11.5 Å². The van der Waals surface area contributed by atoms with Crippen molar-refractivity contribution in [2.24, 2.45) is 23.7 Å². The monoisotopic (exact) mass is 804 g/mol. The standard InChI is InChI=1S/C43H49FN2O12/c1-19-11-10-12-20(2)42(54)46-33-32(45-27-15-13-26(44)14-16-27)37(51)29-30(38(33)52)36(50)24(6)40-31(29)41(53)43(8,58-40)56-18-17-28(55-9)21(3)39(57-25(7)47)23(5)35(49)22(4)34(19)48/h10-19,21-23,28,34-35,39,45,48-50H,1-9H3,(H,46,54)/b11-10+,18-17+,20-12-/t19-,21+,22+,23-,28-,34-,35-,39+,43-/m0/s1. The first-order chi connectivity index (χ1) is 27.2. The van der Waals surface area contributed by atoms with Crippen molar-refractivity contribution in [2.75, 3.05) is 12.4 Å². The van der Waals surface area contributed by atoms with Crippen molar-refractivity contribution < 1.29 is 62.6 Å². The highest BCUT2D eigenvalue weighted by Gasteiger charge is 2.53. The maximum atomic E-state index is 14.6. The van der Waals surface area contributed by atoms with Gasteiger partial charge in [0.15, 0.2) is 0 Å². The van der Waals surface area contributed by atoms with Gasteiger partial charge in [0.05, 0.1) is 41.3 Å². The van der Waals surface area contributed by atoms with Crippen LogP contribution in [0.1, 0.15) is 85.1 Å². The summed E-state index contributed by atoms with van der Waals surface area (Å²) < 4.78 is 37.2. The van der Waals surface area contributed by atoms with Crippen molar-refractivity contribution in [3.8, 4) is 11.5 Å². The molecule has 1 aliphatic carbocycles. The van der Waals surface area contributed by atoms with Crippen molar-refractivity contribution >= 4 is 34.9 Å². The Morgan fingerprint density at radius 3 is 2.19 bits per heavy atom. The number of esters is 1. The zero-order valence-corrected chi connectivity index (χ0v) is 33.7.